The number of hydrogen-bond donors (Lipinski definition) is 0. The van der Waals surface area contributed by atoms with Crippen LogP contribution in [-0.4, -0.2) is 50.5 Å². The van der Waals surface area contributed by atoms with Gasteiger partial charge in [-0.05, 0) is 44.0 Å². The molecule has 0 saturated carbocycles. The van der Waals surface area contributed by atoms with Crippen molar-refractivity contribution in [3.05, 3.63) is 55.1 Å². The third-order valence-corrected chi connectivity index (χ3v) is 5.11. The zero-order valence-corrected chi connectivity index (χ0v) is 15.8. The van der Waals surface area contributed by atoms with Gasteiger partial charge in [0.1, 0.15) is 12.7 Å². The van der Waals surface area contributed by atoms with Crippen molar-refractivity contribution in [2.24, 2.45) is 5.92 Å². The Kier molecular flexibility index (Phi) is 5.27. The van der Waals surface area contributed by atoms with Crippen LogP contribution in [0.1, 0.15) is 19.8 Å². The van der Waals surface area contributed by atoms with Crippen molar-refractivity contribution in [2.75, 3.05) is 29.4 Å². The predicted octanol–water partition coefficient (Wildman–Crippen LogP) is 2.33. The predicted molar refractivity (Wildman–Crippen MR) is 106 cm³/mol. The van der Waals surface area contributed by atoms with Crippen LogP contribution in [-0.2, 0) is 4.79 Å². The summed E-state index contributed by atoms with van der Waals surface area (Å²) in [5.41, 5.74) is 0.965. The normalized spacial score (nSPS) is 14.8. The molecule has 144 valence electrons. The Morgan fingerprint density at radius 3 is 2.39 bits per heavy atom. The molecule has 0 spiro atoms. The molecule has 0 bridgehead atoms. The van der Waals surface area contributed by atoms with Crippen LogP contribution in [0.2, 0.25) is 0 Å². The molecule has 1 aliphatic rings. The molecule has 28 heavy (non-hydrogen) atoms. The number of carbonyl (C=O) groups excluding carboxylic acids is 1. The highest BCUT2D eigenvalue weighted by Crippen LogP contribution is 2.25. The second-order valence-corrected chi connectivity index (χ2v) is 6.77. The molecule has 0 aliphatic carbocycles. The Morgan fingerprint density at radius 2 is 1.79 bits per heavy atom. The number of carbonyl (C=O) groups is 1. The van der Waals surface area contributed by atoms with E-state index >= 15 is 0 Å². The summed E-state index contributed by atoms with van der Waals surface area (Å²) in [5.74, 6) is 1.71. The highest BCUT2D eigenvalue weighted by Gasteiger charge is 2.29. The molecule has 0 unspecified atom stereocenters. The van der Waals surface area contributed by atoms with Crippen molar-refractivity contribution < 1.29 is 4.79 Å². The first-order valence-corrected chi connectivity index (χ1v) is 9.56. The molecule has 3 aromatic rings. The molecule has 0 radical (unpaired) electrons. The van der Waals surface area contributed by atoms with Crippen molar-refractivity contribution in [1.82, 2.24) is 25.0 Å². The fraction of sp³-hybridized carbons (Fsp3) is 0.350. The number of hydrogen-bond acceptors (Lipinski definition) is 6. The maximum absolute atomic E-state index is 13.0. The van der Waals surface area contributed by atoms with E-state index in [2.05, 4.69) is 25.2 Å². The van der Waals surface area contributed by atoms with Gasteiger partial charge in [0.15, 0.2) is 11.6 Å². The summed E-state index contributed by atoms with van der Waals surface area (Å²) in [6.45, 7) is 4.28. The van der Waals surface area contributed by atoms with Crippen LogP contribution in [0.15, 0.2) is 55.1 Å². The zero-order valence-electron chi connectivity index (χ0n) is 15.8. The Hall–Kier alpha value is -3.29. The molecule has 3 heterocycles. The summed E-state index contributed by atoms with van der Waals surface area (Å²) >= 11 is 0. The van der Waals surface area contributed by atoms with Crippen LogP contribution >= 0.6 is 0 Å². The summed E-state index contributed by atoms with van der Waals surface area (Å²) < 4.78 is 1.57. The van der Waals surface area contributed by atoms with Crippen molar-refractivity contribution in [3.63, 3.8) is 0 Å². The molecule has 0 N–H and O–H groups in total. The lowest BCUT2D eigenvalue weighted by atomic mass is 9.95. The minimum Gasteiger partial charge on any atom is -0.355 e. The highest BCUT2D eigenvalue weighted by atomic mass is 16.2. The van der Waals surface area contributed by atoms with Gasteiger partial charge in [-0.25, -0.2) is 9.67 Å². The topological polar surface area (TPSA) is 80.0 Å². The smallest absolute Gasteiger partial charge is 0.230 e. The lowest BCUT2D eigenvalue weighted by Gasteiger charge is -2.34. The standard InChI is InChI=1S/C20H23N7O/c1-2-26(17-6-4-3-5-7-17)20(28)16-10-12-25(13-11-16)18-8-9-19(24-23-18)27-15-21-14-22-27/h3-9,14-16H,2,10-13H2,1H3. The maximum Gasteiger partial charge on any atom is 0.230 e. The van der Waals surface area contributed by atoms with Gasteiger partial charge in [0.25, 0.3) is 0 Å². The second kappa shape index (κ2) is 8.16. The van der Waals surface area contributed by atoms with E-state index in [1.807, 2.05) is 54.3 Å². The lowest BCUT2D eigenvalue weighted by molar-refractivity contribution is -0.122. The molecule has 1 fully saturated rings. The number of benzene rings is 1. The molecule has 1 saturated heterocycles. The minimum atomic E-state index is 0.0405. The summed E-state index contributed by atoms with van der Waals surface area (Å²) in [7, 11) is 0. The summed E-state index contributed by atoms with van der Waals surface area (Å²) in [6, 6.07) is 13.7. The zero-order chi connectivity index (χ0) is 19.3. The van der Waals surface area contributed by atoms with Gasteiger partial charge in [-0.2, -0.15) is 5.10 Å². The van der Waals surface area contributed by atoms with Crippen LogP contribution in [0.25, 0.3) is 5.82 Å². The van der Waals surface area contributed by atoms with Crippen LogP contribution < -0.4 is 9.80 Å². The minimum absolute atomic E-state index is 0.0405. The average Bonchev–Trinajstić information content (AvgIpc) is 3.30. The van der Waals surface area contributed by atoms with Gasteiger partial charge in [0.2, 0.25) is 5.91 Å². The molecule has 8 nitrogen and oxygen atoms in total. The monoisotopic (exact) mass is 377 g/mol. The van der Waals surface area contributed by atoms with Crippen LogP contribution in [0.5, 0.6) is 0 Å². The lowest BCUT2D eigenvalue weighted by Crippen LogP contribution is -2.43. The van der Waals surface area contributed by atoms with E-state index in [1.54, 1.807) is 11.0 Å². The number of piperidine rings is 1. The third kappa shape index (κ3) is 3.71. The first-order chi connectivity index (χ1) is 13.8. The molecule has 1 aromatic carbocycles. The molecular weight excluding hydrogens is 354 g/mol. The van der Waals surface area contributed by atoms with Gasteiger partial charge < -0.3 is 9.80 Å². The van der Waals surface area contributed by atoms with Crippen LogP contribution in [0, 0.1) is 5.92 Å². The third-order valence-electron chi connectivity index (χ3n) is 5.11. The Balaban J connectivity index is 1.38. The van der Waals surface area contributed by atoms with E-state index < -0.39 is 0 Å². The fourth-order valence-electron chi connectivity index (χ4n) is 3.59. The van der Waals surface area contributed by atoms with Gasteiger partial charge in [-0.3, -0.25) is 4.79 Å². The molecule has 1 amide bonds. The first kappa shape index (κ1) is 18.1. The van der Waals surface area contributed by atoms with E-state index in [1.165, 1.54) is 6.33 Å². The number of nitrogens with zero attached hydrogens (tertiary/aromatic N) is 7. The van der Waals surface area contributed by atoms with E-state index in [0.717, 1.165) is 37.4 Å². The number of anilines is 2. The second-order valence-electron chi connectivity index (χ2n) is 6.77. The van der Waals surface area contributed by atoms with E-state index in [4.69, 9.17) is 0 Å². The number of aromatic nitrogens is 5. The SMILES string of the molecule is CCN(C(=O)C1CCN(c2ccc(-n3cncn3)nn2)CC1)c1ccccc1. The largest absolute Gasteiger partial charge is 0.355 e. The van der Waals surface area contributed by atoms with Crippen molar-refractivity contribution in [1.29, 1.82) is 0 Å². The van der Waals surface area contributed by atoms with Crippen LogP contribution in [0.3, 0.4) is 0 Å². The van der Waals surface area contributed by atoms with Crippen LogP contribution in [0.4, 0.5) is 11.5 Å². The fourth-order valence-corrected chi connectivity index (χ4v) is 3.59. The van der Waals surface area contributed by atoms with Gasteiger partial charge in [-0.1, -0.05) is 18.2 Å². The summed E-state index contributed by atoms with van der Waals surface area (Å²) in [6.07, 6.45) is 4.68. The van der Waals surface area contributed by atoms with Crippen molar-refractivity contribution >= 4 is 17.4 Å². The first-order valence-electron chi connectivity index (χ1n) is 9.56. The number of amides is 1. The summed E-state index contributed by atoms with van der Waals surface area (Å²) in [4.78, 5) is 21.0. The Bertz CT molecular complexity index is 888. The van der Waals surface area contributed by atoms with Crippen molar-refractivity contribution in [2.45, 2.75) is 19.8 Å². The van der Waals surface area contributed by atoms with E-state index in [-0.39, 0.29) is 11.8 Å². The maximum atomic E-state index is 13.0. The van der Waals surface area contributed by atoms with Gasteiger partial charge in [-0.15, -0.1) is 10.2 Å². The Morgan fingerprint density at radius 1 is 1.07 bits per heavy atom. The van der Waals surface area contributed by atoms with E-state index in [9.17, 15) is 4.79 Å². The van der Waals surface area contributed by atoms with E-state index in [0.29, 0.717) is 12.4 Å². The molecule has 1 aliphatic heterocycles. The molecule has 0 atom stereocenters. The molecule has 4 rings (SSSR count). The van der Waals surface area contributed by atoms with Crippen molar-refractivity contribution in [3.8, 4) is 5.82 Å². The van der Waals surface area contributed by atoms with Gasteiger partial charge in [0.05, 0.1) is 0 Å². The Labute approximate surface area is 163 Å². The number of rotatable bonds is 5. The quantitative estimate of drug-likeness (QED) is 0.679. The molecule has 2 aromatic heterocycles. The highest BCUT2D eigenvalue weighted by molar-refractivity contribution is 5.95. The number of para-hydroxylation sites is 1. The molecule has 8 heteroatoms. The average molecular weight is 377 g/mol. The van der Waals surface area contributed by atoms with Gasteiger partial charge in [0, 0.05) is 31.2 Å². The molecular formula is C20H23N7O. The summed E-state index contributed by atoms with van der Waals surface area (Å²) in [5, 5.41) is 12.6. The van der Waals surface area contributed by atoms with Gasteiger partial charge >= 0.3 is 0 Å².